The van der Waals surface area contributed by atoms with Crippen molar-refractivity contribution < 1.29 is 9.90 Å². The maximum Gasteiger partial charge on any atom is 0.273 e. The molecule has 7 N–H and O–H groups in total. The van der Waals surface area contributed by atoms with Crippen LogP contribution in [0.4, 0.5) is 11.6 Å². The Morgan fingerprint density at radius 3 is 2.44 bits per heavy atom. The summed E-state index contributed by atoms with van der Waals surface area (Å²) < 4.78 is 0.985. The molecule has 1 aromatic carbocycles. The van der Waals surface area contributed by atoms with Crippen molar-refractivity contribution >= 4 is 49.4 Å². The van der Waals surface area contributed by atoms with Crippen molar-refractivity contribution in [3.8, 4) is 5.75 Å². The van der Waals surface area contributed by atoms with E-state index in [1.54, 1.807) is 0 Å². The molecular weight excluding hydrogens is 542 g/mol. The van der Waals surface area contributed by atoms with Gasteiger partial charge in [-0.1, -0.05) is 26.8 Å². The van der Waals surface area contributed by atoms with E-state index in [4.69, 9.17) is 11.5 Å². The molecule has 176 valence electrons. The molecule has 0 radical (unpaired) electrons. The molecule has 0 unspecified atom stereocenters. The minimum absolute atomic E-state index is 0.00565. The first-order valence-electron chi connectivity index (χ1n) is 10.2. The average molecular weight is 573 g/mol. The Kier molecular flexibility index (Phi) is 9.26. The van der Waals surface area contributed by atoms with Gasteiger partial charge in [-0.2, -0.15) is 0 Å². The number of benzene rings is 1. The molecule has 9 nitrogen and oxygen atoms in total. The van der Waals surface area contributed by atoms with Crippen molar-refractivity contribution in [3.05, 3.63) is 38.0 Å². The number of nitrogens with zero attached hydrogens (tertiary/aromatic N) is 3. The number of nitrogens with one attached hydrogen (secondary N) is 2. The third-order valence-corrected chi connectivity index (χ3v) is 6.08. The van der Waals surface area contributed by atoms with Gasteiger partial charge >= 0.3 is 0 Å². The molecule has 2 rings (SSSR count). The maximum atomic E-state index is 12.3. The molecule has 0 saturated carbocycles. The zero-order valence-electron chi connectivity index (χ0n) is 18.8. The first-order chi connectivity index (χ1) is 14.9. The molecule has 1 heterocycles. The summed E-state index contributed by atoms with van der Waals surface area (Å²) in [5.74, 6) is -0.0106. The molecule has 1 amide bonds. The molecule has 0 spiro atoms. The topological polar surface area (TPSA) is 142 Å². The van der Waals surface area contributed by atoms with Gasteiger partial charge in [0.25, 0.3) is 5.91 Å². The number of nitrogens with two attached hydrogens (primary N) is 2. The molecule has 0 atom stereocenters. The fraction of sp³-hybridized carbons (Fsp3) is 0.476. The summed E-state index contributed by atoms with van der Waals surface area (Å²) in [6.45, 7) is 9.56. The minimum atomic E-state index is -0.401. The van der Waals surface area contributed by atoms with Gasteiger partial charge < -0.3 is 32.1 Å². The minimum Gasteiger partial charge on any atom is -0.506 e. The molecule has 0 aliphatic rings. The number of phenols is 1. The normalized spacial score (nSPS) is 11.7. The lowest BCUT2D eigenvalue weighted by atomic mass is 9.86. The van der Waals surface area contributed by atoms with E-state index in [1.807, 2.05) is 19.2 Å². The fourth-order valence-corrected chi connectivity index (χ4v) is 3.65. The van der Waals surface area contributed by atoms with Gasteiger partial charge in [-0.25, -0.2) is 9.97 Å². The van der Waals surface area contributed by atoms with Crippen molar-refractivity contribution in [3.63, 3.8) is 0 Å². The Morgan fingerprint density at radius 2 is 1.78 bits per heavy atom. The second kappa shape index (κ2) is 11.3. The number of halogens is 2. The number of anilines is 2. The summed E-state index contributed by atoms with van der Waals surface area (Å²) in [5, 5.41) is 16.5. The van der Waals surface area contributed by atoms with Crippen molar-refractivity contribution in [2.24, 2.45) is 0 Å². The van der Waals surface area contributed by atoms with Crippen LogP contribution in [0.1, 0.15) is 42.4 Å². The Balaban J connectivity index is 1.77. The summed E-state index contributed by atoms with van der Waals surface area (Å²) in [4.78, 5) is 22.3. The van der Waals surface area contributed by atoms with E-state index in [9.17, 15) is 9.90 Å². The third-order valence-electron chi connectivity index (χ3n) is 4.89. The van der Waals surface area contributed by atoms with E-state index in [0.29, 0.717) is 24.1 Å². The number of amides is 1. The van der Waals surface area contributed by atoms with E-state index in [2.05, 4.69) is 78.1 Å². The monoisotopic (exact) mass is 571 g/mol. The number of hydrogen-bond donors (Lipinski definition) is 5. The van der Waals surface area contributed by atoms with E-state index < -0.39 is 5.91 Å². The van der Waals surface area contributed by atoms with Gasteiger partial charge in [-0.05, 0) is 56.0 Å². The van der Waals surface area contributed by atoms with Crippen LogP contribution >= 0.6 is 31.9 Å². The van der Waals surface area contributed by atoms with Crippen molar-refractivity contribution in [2.45, 2.75) is 32.7 Å². The molecule has 11 heteroatoms. The summed E-state index contributed by atoms with van der Waals surface area (Å²) in [7, 11) is 1.97. The molecule has 0 fully saturated rings. The van der Waals surface area contributed by atoms with Crippen LogP contribution in [0.15, 0.2) is 21.2 Å². The van der Waals surface area contributed by atoms with Crippen molar-refractivity contribution in [1.29, 1.82) is 0 Å². The number of likely N-dealkylation sites (N-methyl/N-ethyl adjacent to an activating group) is 1. The van der Waals surface area contributed by atoms with Crippen LogP contribution in [0.2, 0.25) is 0 Å². The van der Waals surface area contributed by atoms with Crippen LogP contribution in [0.3, 0.4) is 0 Å². The highest BCUT2D eigenvalue weighted by Crippen LogP contribution is 2.34. The largest absolute Gasteiger partial charge is 0.506 e. The standard InChI is InChI=1S/C21H31Br2N7O2/c1-21(2,3)13-9-12(16(31)14(22)10-13)11-26-5-7-30(4)8-6-27-20(32)15-18(24)29-19(25)17(23)28-15/h9-10,26,31H,5-8,11H2,1-4H3,(H,27,32)(H4,24,25,29). The van der Waals surface area contributed by atoms with E-state index in [0.717, 1.165) is 24.2 Å². The molecule has 0 aliphatic heterocycles. The highest BCUT2D eigenvalue weighted by Gasteiger charge is 2.18. The SMILES string of the molecule is CN(CCNCc1cc(C(C)(C)C)cc(Br)c1O)CCNC(=O)c1nc(Br)c(N)nc1N. The number of aromatic hydroxyl groups is 1. The second-order valence-electron chi connectivity index (χ2n) is 8.59. The summed E-state index contributed by atoms with van der Waals surface area (Å²) in [6.07, 6.45) is 0. The number of carbonyl (C=O) groups is 1. The lowest BCUT2D eigenvalue weighted by molar-refractivity contribution is 0.0945. The Morgan fingerprint density at radius 1 is 1.12 bits per heavy atom. The van der Waals surface area contributed by atoms with Crippen molar-refractivity contribution in [2.75, 3.05) is 44.7 Å². The van der Waals surface area contributed by atoms with Crippen molar-refractivity contribution in [1.82, 2.24) is 25.5 Å². The van der Waals surface area contributed by atoms with E-state index >= 15 is 0 Å². The zero-order chi connectivity index (χ0) is 24.1. The quantitative estimate of drug-likeness (QED) is 0.289. The first-order valence-corrected chi connectivity index (χ1v) is 11.8. The van der Waals surface area contributed by atoms with Gasteiger partial charge in [-0.3, -0.25) is 4.79 Å². The Labute approximate surface area is 205 Å². The molecule has 0 bridgehead atoms. The molecule has 1 aromatic heterocycles. The number of hydrogen-bond acceptors (Lipinski definition) is 8. The highest BCUT2D eigenvalue weighted by molar-refractivity contribution is 9.10. The highest BCUT2D eigenvalue weighted by atomic mass is 79.9. The van der Waals surface area contributed by atoms with Gasteiger partial charge in [0.1, 0.15) is 10.4 Å². The van der Waals surface area contributed by atoms with Crippen LogP contribution in [-0.4, -0.2) is 59.1 Å². The molecule has 0 aliphatic carbocycles. The van der Waals surface area contributed by atoms with Crippen LogP contribution in [0.25, 0.3) is 0 Å². The van der Waals surface area contributed by atoms with Crippen LogP contribution < -0.4 is 22.1 Å². The van der Waals surface area contributed by atoms with Gasteiger partial charge in [0.2, 0.25) is 0 Å². The lowest BCUT2D eigenvalue weighted by Crippen LogP contribution is -2.36. The predicted molar refractivity (Wildman–Crippen MR) is 135 cm³/mol. The molecular formula is C21H31Br2N7O2. The fourth-order valence-electron chi connectivity index (χ4n) is 2.88. The van der Waals surface area contributed by atoms with E-state index in [1.165, 1.54) is 0 Å². The Hall–Kier alpha value is -1.95. The number of nitrogen functional groups attached to an aromatic ring is 2. The third kappa shape index (κ3) is 7.29. The zero-order valence-corrected chi connectivity index (χ0v) is 22.0. The average Bonchev–Trinajstić information content (AvgIpc) is 2.69. The predicted octanol–water partition coefficient (Wildman–Crippen LogP) is 2.62. The maximum absolute atomic E-state index is 12.3. The second-order valence-corrected chi connectivity index (χ2v) is 10.2. The van der Waals surface area contributed by atoms with Crippen LogP contribution in [0.5, 0.6) is 5.75 Å². The number of carbonyl (C=O) groups excluding carboxylic acids is 1. The van der Waals surface area contributed by atoms with Gasteiger partial charge in [0.15, 0.2) is 17.3 Å². The number of aromatic nitrogens is 2. The Bertz CT molecular complexity index is 964. The molecule has 0 saturated heterocycles. The van der Waals surface area contributed by atoms with Crippen LogP contribution in [-0.2, 0) is 12.0 Å². The summed E-state index contributed by atoms with van der Waals surface area (Å²) in [6, 6.07) is 4.00. The van der Waals surface area contributed by atoms with Gasteiger partial charge in [0, 0.05) is 38.3 Å². The lowest BCUT2D eigenvalue weighted by Gasteiger charge is -2.22. The molecule has 32 heavy (non-hydrogen) atoms. The summed E-state index contributed by atoms with van der Waals surface area (Å²) >= 11 is 6.59. The summed E-state index contributed by atoms with van der Waals surface area (Å²) in [5.41, 5.74) is 13.4. The van der Waals surface area contributed by atoms with E-state index in [-0.39, 0.29) is 33.1 Å². The van der Waals surface area contributed by atoms with Crippen LogP contribution in [0, 0.1) is 0 Å². The van der Waals surface area contributed by atoms with Gasteiger partial charge in [0.05, 0.1) is 4.47 Å². The smallest absolute Gasteiger partial charge is 0.273 e. The van der Waals surface area contributed by atoms with Gasteiger partial charge in [-0.15, -0.1) is 0 Å². The first kappa shape index (κ1) is 26.3. The number of rotatable bonds is 9. The molecule has 2 aromatic rings. The number of phenolic OH excluding ortho intramolecular Hbond substituents is 1.